The van der Waals surface area contributed by atoms with Gasteiger partial charge in [-0.3, -0.25) is 4.79 Å². The number of hydrogen-bond acceptors (Lipinski definition) is 4. The molecule has 1 aliphatic heterocycles. The Morgan fingerprint density at radius 2 is 2.27 bits per heavy atom. The Morgan fingerprint density at radius 1 is 1.50 bits per heavy atom. The van der Waals surface area contributed by atoms with Crippen LogP contribution >= 0.6 is 24.0 Å². The number of aromatic nitrogens is 2. The minimum atomic E-state index is -0.746. The van der Waals surface area contributed by atoms with Crippen molar-refractivity contribution in [2.24, 2.45) is 7.05 Å². The van der Waals surface area contributed by atoms with Crippen LogP contribution in [0.15, 0.2) is 30.6 Å². The van der Waals surface area contributed by atoms with E-state index in [9.17, 15) is 9.18 Å². The zero-order valence-corrected chi connectivity index (χ0v) is 16.1. The normalized spacial score (nSPS) is 18.2. The summed E-state index contributed by atoms with van der Waals surface area (Å²) in [6, 6.07) is 3.67. The van der Waals surface area contributed by atoms with Gasteiger partial charge in [-0.2, -0.15) is 0 Å². The van der Waals surface area contributed by atoms with Crippen molar-refractivity contribution < 1.29 is 13.9 Å². The fourth-order valence-corrected chi connectivity index (χ4v) is 3.15. The Kier molecular flexibility index (Phi) is 6.86. The van der Waals surface area contributed by atoms with Gasteiger partial charge in [-0.05, 0) is 25.1 Å². The molecule has 1 fully saturated rings. The van der Waals surface area contributed by atoms with Gasteiger partial charge >= 0.3 is 0 Å². The third-order valence-electron chi connectivity index (χ3n) is 4.23. The third kappa shape index (κ3) is 4.28. The number of nitrogens with one attached hydrogen (secondary N) is 1. The van der Waals surface area contributed by atoms with Crippen LogP contribution in [0.4, 0.5) is 4.39 Å². The van der Waals surface area contributed by atoms with Gasteiger partial charge in [-0.25, -0.2) is 9.37 Å². The minimum Gasteiger partial charge on any atom is -0.479 e. The second kappa shape index (κ2) is 8.70. The second-order valence-electron chi connectivity index (χ2n) is 5.98. The van der Waals surface area contributed by atoms with Crippen LogP contribution in [0.3, 0.4) is 0 Å². The molecule has 1 N–H and O–H groups in total. The SMILES string of the molecule is CC(Oc1ccc(F)cc1Cl)C(=O)N1CCNCC1c1nccn1C.Cl. The largest absolute Gasteiger partial charge is 0.479 e. The lowest BCUT2D eigenvalue weighted by molar-refractivity contribution is -0.141. The number of aryl methyl sites for hydroxylation is 1. The lowest BCUT2D eigenvalue weighted by atomic mass is 10.1. The van der Waals surface area contributed by atoms with Crippen LogP contribution < -0.4 is 10.1 Å². The Bertz CT molecular complexity index is 771. The Hall–Kier alpha value is -1.83. The standard InChI is InChI=1S/C17H20ClFN4O2.ClH/c1-11(25-15-4-3-12(19)9-13(15)18)17(24)23-8-5-20-10-14(23)16-21-6-7-22(16)2;/h3-4,6-7,9,11,14,20H,5,8,10H2,1-2H3;1H. The van der Waals surface area contributed by atoms with E-state index in [0.717, 1.165) is 11.9 Å². The maximum Gasteiger partial charge on any atom is 0.264 e. The fraction of sp³-hybridized carbons (Fsp3) is 0.412. The maximum atomic E-state index is 13.1. The highest BCUT2D eigenvalue weighted by Crippen LogP contribution is 2.27. The summed E-state index contributed by atoms with van der Waals surface area (Å²) in [4.78, 5) is 19.0. The molecular weight excluding hydrogens is 382 g/mol. The Balaban J connectivity index is 0.00000243. The Morgan fingerprint density at radius 3 is 2.92 bits per heavy atom. The number of nitrogens with zero attached hydrogens (tertiary/aromatic N) is 3. The number of benzene rings is 1. The van der Waals surface area contributed by atoms with Gasteiger partial charge in [0.2, 0.25) is 0 Å². The molecular formula is C17H21Cl2FN4O2. The van der Waals surface area contributed by atoms with Crippen molar-refractivity contribution in [2.75, 3.05) is 19.6 Å². The molecule has 0 spiro atoms. The fourth-order valence-electron chi connectivity index (χ4n) is 2.94. The highest BCUT2D eigenvalue weighted by molar-refractivity contribution is 6.32. The molecule has 1 aromatic heterocycles. The van der Waals surface area contributed by atoms with E-state index in [-0.39, 0.29) is 35.1 Å². The summed E-state index contributed by atoms with van der Waals surface area (Å²) in [6.07, 6.45) is 2.82. The summed E-state index contributed by atoms with van der Waals surface area (Å²) in [7, 11) is 1.90. The summed E-state index contributed by atoms with van der Waals surface area (Å²) >= 11 is 5.98. The van der Waals surface area contributed by atoms with Gasteiger partial charge in [0, 0.05) is 39.1 Å². The van der Waals surface area contributed by atoms with Crippen molar-refractivity contribution in [3.05, 3.63) is 47.3 Å². The highest BCUT2D eigenvalue weighted by Gasteiger charge is 2.33. The molecule has 26 heavy (non-hydrogen) atoms. The average Bonchev–Trinajstić information content (AvgIpc) is 3.02. The van der Waals surface area contributed by atoms with Gasteiger partial charge < -0.3 is 19.5 Å². The van der Waals surface area contributed by atoms with E-state index in [4.69, 9.17) is 16.3 Å². The van der Waals surface area contributed by atoms with Crippen molar-refractivity contribution in [1.82, 2.24) is 19.8 Å². The zero-order valence-electron chi connectivity index (χ0n) is 14.5. The van der Waals surface area contributed by atoms with E-state index in [1.807, 2.05) is 17.8 Å². The molecule has 2 atom stereocenters. The first-order chi connectivity index (χ1) is 12.0. The predicted molar refractivity (Wildman–Crippen MR) is 99.3 cm³/mol. The molecule has 0 radical (unpaired) electrons. The summed E-state index contributed by atoms with van der Waals surface area (Å²) in [6.45, 7) is 3.55. The van der Waals surface area contributed by atoms with Crippen molar-refractivity contribution >= 4 is 29.9 Å². The van der Waals surface area contributed by atoms with Gasteiger partial charge in [0.25, 0.3) is 5.91 Å². The molecule has 142 valence electrons. The number of carbonyl (C=O) groups excluding carboxylic acids is 1. The van der Waals surface area contributed by atoms with Crippen LogP contribution in [0.2, 0.25) is 5.02 Å². The quantitative estimate of drug-likeness (QED) is 0.853. The predicted octanol–water partition coefficient (Wildman–Crippen LogP) is 2.57. The molecule has 1 saturated heterocycles. The van der Waals surface area contributed by atoms with E-state index in [1.54, 1.807) is 18.0 Å². The number of piperazine rings is 1. The molecule has 0 aliphatic carbocycles. The highest BCUT2D eigenvalue weighted by atomic mass is 35.5. The number of imidazole rings is 1. The number of amides is 1. The first kappa shape index (κ1) is 20.5. The van der Waals surface area contributed by atoms with E-state index in [2.05, 4.69) is 10.3 Å². The molecule has 1 aliphatic rings. The number of rotatable bonds is 4. The molecule has 2 heterocycles. The van der Waals surface area contributed by atoms with E-state index in [1.165, 1.54) is 12.1 Å². The van der Waals surface area contributed by atoms with Crippen LogP contribution in [0.5, 0.6) is 5.75 Å². The smallest absolute Gasteiger partial charge is 0.264 e. The number of ether oxygens (including phenoxy) is 1. The van der Waals surface area contributed by atoms with Crippen LogP contribution in [0.1, 0.15) is 18.8 Å². The van der Waals surface area contributed by atoms with E-state index < -0.39 is 11.9 Å². The van der Waals surface area contributed by atoms with Crippen LogP contribution in [-0.2, 0) is 11.8 Å². The van der Waals surface area contributed by atoms with Gasteiger partial charge in [0.1, 0.15) is 23.4 Å². The lowest BCUT2D eigenvalue weighted by Gasteiger charge is -2.37. The zero-order chi connectivity index (χ0) is 18.0. The van der Waals surface area contributed by atoms with Crippen LogP contribution in [0.25, 0.3) is 0 Å². The number of halogens is 3. The molecule has 1 amide bonds. The topological polar surface area (TPSA) is 59.4 Å². The molecule has 3 rings (SSSR count). The molecule has 1 aromatic carbocycles. The molecule has 6 nitrogen and oxygen atoms in total. The first-order valence-corrected chi connectivity index (χ1v) is 8.45. The Labute approximate surface area is 162 Å². The lowest BCUT2D eigenvalue weighted by Crippen LogP contribution is -2.52. The van der Waals surface area contributed by atoms with Crippen molar-refractivity contribution in [2.45, 2.75) is 19.1 Å². The monoisotopic (exact) mass is 402 g/mol. The average molecular weight is 403 g/mol. The van der Waals surface area contributed by atoms with Gasteiger partial charge in [0.15, 0.2) is 6.10 Å². The van der Waals surface area contributed by atoms with E-state index in [0.29, 0.717) is 19.6 Å². The van der Waals surface area contributed by atoms with Crippen molar-refractivity contribution in [1.29, 1.82) is 0 Å². The first-order valence-electron chi connectivity index (χ1n) is 8.07. The minimum absolute atomic E-state index is 0. The van der Waals surface area contributed by atoms with Gasteiger partial charge in [-0.15, -0.1) is 12.4 Å². The van der Waals surface area contributed by atoms with Crippen LogP contribution in [-0.4, -0.2) is 46.1 Å². The molecule has 0 bridgehead atoms. The molecule has 9 heteroatoms. The van der Waals surface area contributed by atoms with Gasteiger partial charge in [0.05, 0.1) is 5.02 Å². The summed E-state index contributed by atoms with van der Waals surface area (Å²) in [5.41, 5.74) is 0. The van der Waals surface area contributed by atoms with Gasteiger partial charge in [-0.1, -0.05) is 11.6 Å². The molecule has 2 unspecified atom stereocenters. The molecule has 2 aromatic rings. The van der Waals surface area contributed by atoms with Crippen molar-refractivity contribution in [3.8, 4) is 5.75 Å². The van der Waals surface area contributed by atoms with Crippen LogP contribution in [0, 0.1) is 5.82 Å². The third-order valence-corrected chi connectivity index (χ3v) is 4.52. The number of hydrogen-bond donors (Lipinski definition) is 1. The summed E-state index contributed by atoms with van der Waals surface area (Å²) in [5, 5.41) is 3.43. The number of carbonyl (C=O) groups is 1. The van der Waals surface area contributed by atoms with Crippen molar-refractivity contribution in [3.63, 3.8) is 0 Å². The maximum absolute atomic E-state index is 13.1. The summed E-state index contributed by atoms with van der Waals surface area (Å²) in [5.74, 6) is 0.489. The summed E-state index contributed by atoms with van der Waals surface area (Å²) < 4.78 is 20.7. The molecule has 0 saturated carbocycles. The second-order valence-corrected chi connectivity index (χ2v) is 6.39. The van der Waals surface area contributed by atoms with E-state index >= 15 is 0 Å².